The van der Waals surface area contributed by atoms with Crippen LogP contribution in [-0.2, 0) is 6.54 Å². The summed E-state index contributed by atoms with van der Waals surface area (Å²) in [5, 5.41) is 3.01. The molecule has 4 rings (SSSR count). The van der Waals surface area contributed by atoms with Crippen LogP contribution < -0.4 is 15.8 Å². The number of aromatic amines is 1. The van der Waals surface area contributed by atoms with Crippen LogP contribution in [0, 0.1) is 38.5 Å². The standard InChI is InChI=1S/C31H42N4O2/c1-7-35(26-14-12-25(13-15-26)34(5)6)29-18-24(11-10-23-8-9-23)17-27(22(29)4)30(36)32-19-28-20(2)16-21(3)33-31(28)37/h16-18,23,25-26H,7-9,12-15,19H2,1-6H3,(H,32,36)(H,33,37). The largest absolute Gasteiger partial charge is 0.369 e. The van der Waals surface area contributed by atoms with Crippen LogP contribution in [0.25, 0.3) is 0 Å². The number of amides is 1. The molecule has 1 heterocycles. The third-order valence-electron chi connectivity index (χ3n) is 8.03. The van der Waals surface area contributed by atoms with Crippen molar-refractivity contribution in [3.63, 3.8) is 0 Å². The number of nitrogens with one attached hydrogen (secondary N) is 2. The lowest BCUT2D eigenvalue weighted by Gasteiger charge is -2.40. The monoisotopic (exact) mass is 502 g/mol. The van der Waals surface area contributed by atoms with E-state index < -0.39 is 0 Å². The number of hydrogen-bond donors (Lipinski definition) is 2. The summed E-state index contributed by atoms with van der Waals surface area (Å²) in [5.41, 5.74) is 5.75. The maximum atomic E-state index is 13.5. The van der Waals surface area contributed by atoms with Crippen LogP contribution in [0.5, 0.6) is 0 Å². The minimum atomic E-state index is -0.166. The van der Waals surface area contributed by atoms with E-state index in [1.165, 1.54) is 25.7 Å². The van der Waals surface area contributed by atoms with Gasteiger partial charge in [-0.15, -0.1) is 0 Å². The Bertz CT molecular complexity index is 1250. The second-order valence-electron chi connectivity index (χ2n) is 11.0. The summed E-state index contributed by atoms with van der Waals surface area (Å²) in [4.78, 5) is 33.6. The third-order valence-corrected chi connectivity index (χ3v) is 8.03. The minimum Gasteiger partial charge on any atom is -0.369 e. The van der Waals surface area contributed by atoms with Gasteiger partial charge in [-0.1, -0.05) is 11.8 Å². The van der Waals surface area contributed by atoms with E-state index in [-0.39, 0.29) is 18.0 Å². The molecule has 0 aliphatic heterocycles. The van der Waals surface area contributed by atoms with Gasteiger partial charge in [0.25, 0.3) is 11.5 Å². The first-order valence-electron chi connectivity index (χ1n) is 13.7. The fraction of sp³-hybridized carbons (Fsp3) is 0.548. The molecular formula is C31H42N4O2. The lowest BCUT2D eigenvalue weighted by atomic mass is 9.88. The molecule has 0 saturated heterocycles. The minimum absolute atomic E-state index is 0.148. The average Bonchev–Trinajstić information content (AvgIpc) is 3.68. The van der Waals surface area contributed by atoms with Crippen LogP contribution in [0.1, 0.15) is 83.8 Å². The van der Waals surface area contributed by atoms with Gasteiger partial charge in [0.05, 0.1) is 0 Å². The van der Waals surface area contributed by atoms with E-state index in [9.17, 15) is 9.59 Å². The highest BCUT2D eigenvalue weighted by atomic mass is 16.1. The quantitative estimate of drug-likeness (QED) is 0.539. The summed E-state index contributed by atoms with van der Waals surface area (Å²) in [7, 11) is 4.34. The molecule has 2 fully saturated rings. The van der Waals surface area contributed by atoms with Crippen molar-refractivity contribution in [2.45, 2.75) is 84.8 Å². The molecule has 2 aliphatic rings. The topological polar surface area (TPSA) is 68.4 Å². The molecule has 37 heavy (non-hydrogen) atoms. The van der Waals surface area contributed by atoms with Gasteiger partial charge >= 0.3 is 0 Å². The zero-order chi connectivity index (χ0) is 26.7. The van der Waals surface area contributed by atoms with Crippen molar-refractivity contribution in [2.24, 2.45) is 5.92 Å². The first-order chi connectivity index (χ1) is 17.7. The van der Waals surface area contributed by atoms with Crippen molar-refractivity contribution >= 4 is 11.6 Å². The highest BCUT2D eigenvalue weighted by Gasteiger charge is 2.28. The molecule has 0 unspecified atom stereocenters. The second kappa shape index (κ2) is 11.6. The van der Waals surface area contributed by atoms with E-state index in [2.05, 4.69) is 59.0 Å². The number of pyridine rings is 1. The lowest BCUT2D eigenvalue weighted by Crippen LogP contribution is -2.42. The van der Waals surface area contributed by atoms with Gasteiger partial charge in [0.1, 0.15) is 0 Å². The summed E-state index contributed by atoms with van der Waals surface area (Å²) >= 11 is 0. The molecule has 198 valence electrons. The number of aryl methyl sites for hydroxylation is 2. The normalized spacial score (nSPS) is 19.3. The third kappa shape index (κ3) is 6.45. The van der Waals surface area contributed by atoms with Gasteiger partial charge in [0, 0.05) is 59.2 Å². The fourth-order valence-electron chi connectivity index (χ4n) is 5.60. The van der Waals surface area contributed by atoms with Gasteiger partial charge in [-0.05, 0) is 110 Å². The summed E-state index contributed by atoms with van der Waals surface area (Å²) in [6, 6.07) is 7.13. The Morgan fingerprint density at radius 2 is 1.70 bits per heavy atom. The lowest BCUT2D eigenvalue weighted by molar-refractivity contribution is 0.0950. The zero-order valence-corrected chi connectivity index (χ0v) is 23.3. The Kier molecular flexibility index (Phi) is 8.44. The van der Waals surface area contributed by atoms with Crippen LogP contribution >= 0.6 is 0 Å². The number of anilines is 1. The van der Waals surface area contributed by atoms with Crippen LogP contribution in [0.4, 0.5) is 5.69 Å². The number of rotatable bonds is 7. The second-order valence-corrected chi connectivity index (χ2v) is 11.0. The number of nitrogens with zero attached hydrogens (tertiary/aromatic N) is 2. The van der Waals surface area contributed by atoms with Crippen molar-refractivity contribution in [1.29, 1.82) is 0 Å². The zero-order valence-electron chi connectivity index (χ0n) is 23.3. The molecule has 0 radical (unpaired) electrons. The van der Waals surface area contributed by atoms with Crippen molar-refractivity contribution in [3.8, 4) is 11.8 Å². The molecule has 0 atom stereocenters. The Morgan fingerprint density at radius 1 is 1.03 bits per heavy atom. The first-order valence-corrected chi connectivity index (χ1v) is 13.7. The molecule has 1 aromatic carbocycles. The maximum Gasteiger partial charge on any atom is 0.253 e. The molecule has 0 bridgehead atoms. The molecule has 0 spiro atoms. The highest BCUT2D eigenvalue weighted by Crippen LogP contribution is 2.33. The van der Waals surface area contributed by atoms with Gasteiger partial charge in [-0.3, -0.25) is 9.59 Å². The van der Waals surface area contributed by atoms with Crippen molar-refractivity contribution in [2.75, 3.05) is 25.5 Å². The molecule has 1 aromatic heterocycles. The average molecular weight is 503 g/mol. The summed E-state index contributed by atoms with van der Waals surface area (Å²) in [5.74, 6) is 7.04. The van der Waals surface area contributed by atoms with Crippen LogP contribution in [0.2, 0.25) is 0 Å². The first kappa shape index (κ1) is 27.0. The van der Waals surface area contributed by atoms with Gasteiger partial charge in [-0.2, -0.15) is 0 Å². The fourth-order valence-corrected chi connectivity index (χ4v) is 5.60. The number of carbonyl (C=O) groups excluding carboxylic acids is 1. The van der Waals surface area contributed by atoms with Crippen molar-refractivity contribution in [3.05, 3.63) is 62.1 Å². The molecule has 6 heteroatoms. The number of H-pyrrole nitrogens is 1. The number of benzene rings is 1. The summed E-state index contributed by atoms with van der Waals surface area (Å²) in [6.45, 7) is 9.09. The Labute approximate surface area is 221 Å². The smallest absolute Gasteiger partial charge is 0.253 e. The van der Waals surface area contributed by atoms with Crippen LogP contribution in [0.3, 0.4) is 0 Å². The number of hydrogen-bond acceptors (Lipinski definition) is 4. The number of carbonyl (C=O) groups is 1. The predicted octanol–water partition coefficient (Wildman–Crippen LogP) is 4.69. The summed E-state index contributed by atoms with van der Waals surface area (Å²) in [6.07, 6.45) is 6.99. The van der Waals surface area contributed by atoms with E-state index in [0.717, 1.165) is 47.5 Å². The molecule has 2 aliphatic carbocycles. The molecule has 2 N–H and O–H groups in total. The molecular weight excluding hydrogens is 460 g/mol. The van der Waals surface area contributed by atoms with Gasteiger partial charge in [0.2, 0.25) is 0 Å². The Hall–Kier alpha value is -3.04. The Morgan fingerprint density at radius 3 is 2.30 bits per heavy atom. The van der Waals surface area contributed by atoms with Crippen molar-refractivity contribution in [1.82, 2.24) is 15.2 Å². The van der Waals surface area contributed by atoms with Crippen LogP contribution in [0.15, 0.2) is 23.0 Å². The van der Waals surface area contributed by atoms with Gasteiger partial charge in [-0.25, -0.2) is 0 Å². The maximum absolute atomic E-state index is 13.5. The summed E-state index contributed by atoms with van der Waals surface area (Å²) < 4.78 is 0. The van der Waals surface area contributed by atoms with E-state index in [4.69, 9.17) is 0 Å². The molecule has 6 nitrogen and oxygen atoms in total. The molecule has 2 saturated carbocycles. The SMILES string of the molecule is CCN(c1cc(C#CC2CC2)cc(C(=O)NCc2c(C)cc(C)[nH]c2=O)c1C)C1CCC(N(C)C)CC1. The highest BCUT2D eigenvalue weighted by molar-refractivity contribution is 5.97. The van der Waals surface area contributed by atoms with Crippen LogP contribution in [-0.4, -0.2) is 48.5 Å². The van der Waals surface area contributed by atoms with Gasteiger partial charge in [0.15, 0.2) is 0 Å². The Balaban J connectivity index is 1.63. The predicted molar refractivity (Wildman–Crippen MR) is 151 cm³/mol. The van der Waals surface area contributed by atoms with E-state index in [0.29, 0.717) is 29.1 Å². The van der Waals surface area contributed by atoms with Crippen molar-refractivity contribution < 1.29 is 4.79 Å². The molecule has 2 aromatic rings. The number of aromatic nitrogens is 1. The van der Waals surface area contributed by atoms with Gasteiger partial charge < -0.3 is 20.1 Å². The van der Waals surface area contributed by atoms with E-state index >= 15 is 0 Å². The van der Waals surface area contributed by atoms with E-state index in [1.807, 2.05) is 32.9 Å². The molecule has 1 amide bonds. The van der Waals surface area contributed by atoms with E-state index in [1.54, 1.807) is 0 Å².